The lowest BCUT2D eigenvalue weighted by Crippen LogP contribution is -2.36. The van der Waals surface area contributed by atoms with Gasteiger partial charge >= 0.3 is 0 Å². The zero-order valence-electron chi connectivity index (χ0n) is 11.3. The predicted octanol–water partition coefficient (Wildman–Crippen LogP) is 1.62. The van der Waals surface area contributed by atoms with Crippen LogP contribution in [-0.4, -0.2) is 33.9 Å². The Labute approximate surface area is 108 Å². The zero-order chi connectivity index (χ0) is 13.1. The second-order valence-corrected chi connectivity index (χ2v) is 4.76. The minimum Gasteiger partial charge on any atom is -0.395 e. The lowest BCUT2D eigenvalue weighted by Gasteiger charge is -2.16. The van der Waals surface area contributed by atoms with Gasteiger partial charge in [0, 0.05) is 12.6 Å². The van der Waals surface area contributed by atoms with E-state index in [0.717, 1.165) is 24.1 Å². The van der Waals surface area contributed by atoms with E-state index < -0.39 is 0 Å². The van der Waals surface area contributed by atoms with Crippen LogP contribution in [0.4, 0.5) is 0 Å². The van der Waals surface area contributed by atoms with Crippen LogP contribution < -0.4 is 5.32 Å². The first-order valence-corrected chi connectivity index (χ1v) is 6.42. The fourth-order valence-corrected chi connectivity index (χ4v) is 2.17. The number of rotatable bonds is 5. The van der Waals surface area contributed by atoms with Crippen LogP contribution in [0.2, 0.25) is 0 Å². The molecule has 4 heteroatoms. The Kier molecular flexibility index (Phi) is 3.99. The number of benzene rings is 1. The van der Waals surface area contributed by atoms with Crippen LogP contribution in [0.25, 0.3) is 11.0 Å². The number of fused-ring (bicyclic) bond motifs is 1. The molecule has 1 unspecified atom stereocenters. The van der Waals surface area contributed by atoms with Crippen LogP contribution in [0.3, 0.4) is 0 Å². The highest BCUT2D eigenvalue weighted by molar-refractivity contribution is 5.77. The summed E-state index contributed by atoms with van der Waals surface area (Å²) in [6.45, 7) is 7.99. The van der Waals surface area contributed by atoms with E-state index in [1.807, 2.05) is 13.3 Å². The number of aliphatic hydroxyl groups excluding tert-OH is 1. The first kappa shape index (κ1) is 13.1. The van der Waals surface area contributed by atoms with Crippen molar-refractivity contribution >= 4 is 11.0 Å². The molecular formula is C14H21N3O. The second-order valence-electron chi connectivity index (χ2n) is 4.76. The highest BCUT2D eigenvalue weighted by Crippen LogP contribution is 2.18. The molecule has 18 heavy (non-hydrogen) atoms. The van der Waals surface area contributed by atoms with Crippen molar-refractivity contribution < 1.29 is 5.11 Å². The summed E-state index contributed by atoms with van der Waals surface area (Å²) in [4.78, 5) is 4.42. The van der Waals surface area contributed by atoms with Crippen molar-refractivity contribution in [3.05, 3.63) is 29.6 Å². The lowest BCUT2D eigenvalue weighted by molar-refractivity contribution is 0.231. The number of hydrogen-bond donors (Lipinski definition) is 2. The van der Waals surface area contributed by atoms with Crippen molar-refractivity contribution in [2.45, 2.75) is 33.4 Å². The van der Waals surface area contributed by atoms with Gasteiger partial charge in [0.25, 0.3) is 0 Å². The molecule has 1 aromatic heterocycles. The molecule has 0 amide bonds. The van der Waals surface area contributed by atoms with Crippen molar-refractivity contribution in [2.75, 3.05) is 13.2 Å². The van der Waals surface area contributed by atoms with Gasteiger partial charge in [-0.3, -0.25) is 0 Å². The van der Waals surface area contributed by atoms with Crippen LogP contribution in [0.5, 0.6) is 0 Å². The molecule has 0 aliphatic rings. The van der Waals surface area contributed by atoms with Gasteiger partial charge in [-0.1, -0.05) is 6.92 Å². The molecule has 0 fully saturated rings. The van der Waals surface area contributed by atoms with Crippen molar-refractivity contribution in [3.8, 4) is 0 Å². The molecule has 2 rings (SSSR count). The summed E-state index contributed by atoms with van der Waals surface area (Å²) in [6, 6.07) is 4.36. The van der Waals surface area contributed by atoms with Gasteiger partial charge in [-0.15, -0.1) is 0 Å². The molecule has 0 aliphatic carbocycles. The van der Waals surface area contributed by atoms with Gasteiger partial charge in [-0.25, -0.2) is 4.98 Å². The van der Waals surface area contributed by atoms with Crippen LogP contribution in [0.1, 0.15) is 18.1 Å². The molecule has 1 heterocycles. The molecule has 0 saturated carbocycles. The van der Waals surface area contributed by atoms with Crippen LogP contribution in [-0.2, 0) is 6.54 Å². The molecule has 2 N–H and O–H groups in total. The van der Waals surface area contributed by atoms with Gasteiger partial charge < -0.3 is 15.0 Å². The molecule has 0 bridgehead atoms. The summed E-state index contributed by atoms with van der Waals surface area (Å²) in [5, 5.41) is 12.6. The fraction of sp³-hybridized carbons (Fsp3) is 0.500. The minimum atomic E-state index is 0.0778. The molecule has 98 valence electrons. The Morgan fingerprint density at radius 1 is 1.33 bits per heavy atom. The predicted molar refractivity (Wildman–Crippen MR) is 73.8 cm³/mol. The summed E-state index contributed by atoms with van der Waals surface area (Å²) >= 11 is 0. The first-order chi connectivity index (χ1) is 8.65. The summed E-state index contributed by atoms with van der Waals surface area (Å²) in [5.74, 6) is 0. The van der Waals surface area contributed by atoms with Gasteiger partial charge in [0.2, 0.25) is 0 Å². The van der Waals surface area contributed by atoms with Gasteiger partial charge in [-0.05, 0) is 43.7 Å². The van der Waals surface area contributed by atoms with Crippen LogP contribution >= 0.6 is 0 Å². The summed E-state index contributed by atoms with van der Waals surface area (Å²) < 4.78 is 2.10. The lowest BCUT2D eigenvalue weighted by atomic mass is 10.1. The molecule has 2 aromatic rings. The molecule has 4 nitrogen and oxygen atoms in total. The summed E-state index contributed by atoms with van der Waals surface area (Å²) in [5.41, 5.74) is 4.69. The third-order valence-corrected chi connectivity index (χ3v) is 3.37. The highest BCUT2D eigenvalue weighted by atomic mass is 16.3. The van der Waals surface area contributed by atoms with E-state index in [1.54, 1.807) is 0 Å². The Hall–Kier alpha value is -1.39. The maximum Gasteiger partial charge on any atom is 0.0958 e. The Morgan fingerprint density at radius 3 is 2.72 bits per heavy atom. The highest BCUT2D eigenvalue weighted by Gasteiger charge is 2.10. The van der Waals surface area contributed by atoms with Crippen molar-refractivity contribution in [3.63, 3.8) is 0 Å². The van der Waals surface area contributed by atoms with Gasteiger partial charge in [0.05, 0.1) is 24.0 Å². The molecule has 0 radical (unpaired) electrons. The Balaban J connectivity index is 2.31. The van der Waals surface area contributed by atoms with E-state index in [9.17, 15) is 5.11 Å². The van der Waals surface area contributed by atoms with Gasteiger partial charge in [0.15, 0.2) is 0 Å². The van der Waals surface area contributed by atoms with Crippen LogP contribution in [0, 0.1) is 13.8 Å². The third kappa shape index (κ3) is 2.54. The van der Waals surface area contributed by atoms with E-state index in [4.69, 9.17) is 0 Å². The monoisotopic (exact) mass is 247 g/mol. The zero-order valence-corrected chi connectivity index (χ0v) is 11.3. The molecule has 1 aromatic carbocycles. The van der Waals surface area contributed by atoms with Gasteiger partial charge in [0.1, 0.15) is 0 Å². The molecular weight excluding hydrogens is 226 g/mol. The van der Waals surface area contributed by atoms with E-state index in [2.05, 4.69) is 40.8 Å². The number of aliphatic hydroxyl groups is 1. The van der Waals surface area contributed by atoms with Gasteiger partial charge in [-0.2, -0.15) is 0 Å². The number of hydrogen-bond acceptors (Lipinski definition) is 3. The topological polar surface area (TPSA) is 50.1 Å². The number of imidazole rings is 1. The fourth-order valence-electron chi connectivity index (χ4n) is 2.17. The standard InChI is InChI=1S/C14H21N3O/c1-4-15-12(8-18)7-17-9-16-13-5-10(2)11(3)6-14(13)17/h5-6,9,12,15,18H,4,7-8H2,1-3H3. The van der Waals surface area contributed by atoms with E-state index in [-0.39, 0.29) is 12.6 Å². The average molecular weight is 247 g/mol. The second kappa shape index (κ2) is 5.50. The molecule has 0 saturated heterocycles. The van der Waals surface area contributed by atoms with Crippen molar-refractivity contribution in [1.82, 2.24) is 14.9 Å². The number of aryl methyl sites for hydroxylation is 2. The Bertz CT molecular complexity index is 533. The molecule has 0 spiro atoms. The summed E-state index contributed by atoms with van der Waals surface area (Å²) in [7, 11) is 0. The van der Waals surface area contributed by atoms with Crippen molar-refractivity contribution in [2.24, 2.45) is 0 Å². The quantitative estimate of drug-likeness (QED) is 0.844. The number of nitrogens with one attached hydrogen (secondary N) is 1. The third-order valence-electron chi connectivity index (χ3n) is 3.37. The smallest absolute Gasteiger partial charge is 0.0958 e. The maximum atomic E-state index is 9.33. The Morgan fingerprint density at radius 2 is 2.06 bits per heavy atom. The average Bonchev–Trinajstić information content (AvgIpc) is 2.72. The first-order valence-electron chi connectivity index (χ1n) is 6.42. The minimum absolute atomic E-state index is 0.0778. The number of likely N-dealkylation sites (N-methyl/N-ethyl adjacent to an activating group) is 1. The largest absolute Gasteiger partial charge is 0.395 e. The van der Waals surface area contributed by atoms with Crippen molar-refractivity contribution in [1.29, 1.82) is 0 Å². The molecule has 1 atom stereocenters. The van der Waals surface area contributed by atoms with E-state index in [1.165, 1.54) is 11.1 Å². The van der Waals surface area contributed by atoms with E-state index >= 15 is 0 Å². The van der Waals surface area contributed by atoms with E-state index in [0.29, 0.717) is 0 Å². The number of aromatic nitrogens is 2. The maximum absolute atomic E-state index is 9.33. The SMILES string of the molecule is CCNC(CO)Cn1cnc2cc(C)c(C)cc21. The summed E-state index contributed by atoms with van der Waals surface area (Å²) in [6.07, 6.45) is 1.85. The molecule has 0 aliphatic heterocycles. The number of nitrogens with zero attached hydrogens (tertiary/aromatic N) is 2. The normalized spacial score (nSPS) is 13.1. The van der Waals surface area contributed by atoms with Crippen LogP contribution in [0.15, 0.2) is 18.5 Å².